The van der Waals surface area contributed by atoms with Gasteiger partial charge in [0.15, 0.2) is 14.6 Å². The molecule has 140 valence electrons. The minimum absolute atomic E-state index is 0.0134. The van der Waals surface area contributed by atoms with Crippen LogP contribution in [0.15, 0.2) is 53.5 Å². The quantitative estimate of drug-likeness (QED) is 0.603. The SMILES string of the molecule is C[C@](C(=O)O)(C(Cc1ccccc1)Cn1ccc(I)cc1=O)S(C)(=O)=O. The number of sulfone groups is 1. The molecule has 0 aliphatic heterocycles. The summed E-state index contributed by atoms with van der Waals surface area (Å²) in [6.07, 6.45) is 2.71. The Kier molecular flexibility index (Phi) is 6.28. The van der Waals surface area contributed by atoms with E-state index in [0.29, 0.717) is 0 Å². The minimum Gasteiger partial charge on any atom is -0.480 e. The fraction of sp³-hybridized carbons (Fsp3) is 0.333. The van der Waals surface area contributed by atoms with Gasteiger partial charge in [0.2, 0.25) is 0 Å². The number of hydrogen-bond donors (Lipinski definition) is 1. The van der Waals surface area contributed by atoms with Crippen LogP contribution in [0.5, 0.6) is 0 Å². The van der Waals surface area contributed by atoms with Gasteiger partial charge in [-0.05, 0) is 47.6 Å². The maximum Gasteiger partial charge on any atom is 0.325 e. The zero-order valence-corrected chi connectivity index (χ0v) is 17.4. The Balaban J connectivity index is 2.54. The molecule has 0 radical (unpaired) electrons. The van der Waals surface area contributed by atoms with Crippen LogP contribution in [-0.2, 0) is 27.6 Å². The fourth-order valence-electron chi connectivity index (χ4n) is 2.84. The van der Waals surface area contributed by atoms with Gasteiger partial charge in [0.25, 0.3) is 5.56 Å². The first-order chi connectivity index (χ1) is 12.1. The molecule has 0 aliphatic carbocycles. The highest BCUT2D eigenvalue weighted by Gasteiger charge is 2.50. The highest BCUT2D eigenvalue weighted by molar-refractivity contribution is 14.1. The fourth-order valence-corrected chi connectivity index (χ4v) is 4.35. The van der Waals surface area contributed by atoms with Crippen molar-refractivity contribution >= 4 is 38.4 Å². The van der Waals surface area contributed by atoms with Crippen LogP contribution in [0.4, 0.5) is 0 Å². The Labute approximate surface area is 165 Å². The van der Waals surface area contributed by atoms with Crippen molar-refractivity contribution in [1.29, 1.82) is 0 Å². The molecule has 0 spiro atoms. The summed E-state index contributed by atoms with van der Waals surface area (Å²) in [5.41, 5.74) is 0.517. The molecule has 1 aromatic carbocycles. The molecule has 26 heavy (non-hydrogen) atoms. The lowest BCUT2D eigenvalue weighted by molar-refractivity contribution is -0.141. The predicted molar refractivity (Wildman–Crippen MR) is 108 cm³/mol. The maximum atomic E-state index is 12.4. The van der Waals surface area contributed by atoms with Crippen LogP contribution < -0.4 is 5.56 Å². The Morgan fingerprint density at radius 2 is 1.88 bits per heavy atom. The molecule has 1 aromatic heterocycles. The molecule has 2 atom stereocenters. The second-order valence-electron chi connectivity index (χ2n) is 6.41. The van der Waals surface area contributed by atoms with E-state index in [1.54, 1.807) is 12.3 Å². The van der Waals surface area contributed by atoms with Crippen molar-refractivity contribution in [3.63, 3.8) is 0 Å². The van der Waals surface area contributed by atoms with Crippen molar-refractivity contribution in [3.05, 3.63) is 68.1 Å². The molecule has 8 heteroatoms. The predicted octanol–water partition coefficient (Wildman–Crippen LogP) is 2.20. The topological polar surface area (TPSA) is 93.4 Å². The van der Waals surface area contributed by atoms with E-state index in [-0.39, 0.29) is 18.5 Å². The third-order valence-electron chi connectivity index (χ3n) is 4.67. The molecular weight excluding hydrogens is 469 g/mol. The number of carboxylic acid groups (broad SMARTS) is 1. The van der Waals surface area contributed by atoms with Crippen molar-refractivity contribution in [2.45, 2.75) is 24.6 Å². The first kappa shape index (κ1) is 20.6. The van der Waals surface area contributed by atoms with Gasteiger partial charge in [0.05, 0.1) is 0 Å². The molecule has 2 aromatic rings. The van der Waals surface area contributed by atoms with E-state index in [9.17, 15) is 23.1 Å². The van der Waals surface area contributed by atoms with Crippen LogP contribution in [-0.4, -0.2) is 35.1 Å². The number of pyridine rings is 1. The Morgan fingerprint density at radius 3 is 2.38 bits per heavy atom. The number of nitrogens with zero attached hydrogens (tertiary/aromatic N) is 1. The smallest absolute Gasteiger partial charge is 0.325 e. The number of aromatic nitrogens is 1. The summed E-state index contributed by atoms with van der Waals surface area (Å²) < 4.78 is 24.9. The summed E-state index contributed by atoms with van der Waals surface area (Å²) in [5, 5.41) is 9.74. The summed E-state index contributed by atoms with van der Waals surface area (Å²) in [7, 11) is -3.94. The van der Waals surface area contributed by atoms with Crippen molar-refractivity contribution in [2.24, 2.45) is 5.92 Å². The largest absolute Gasteiger partial charge is 0.480 e. The first-order valence-electron chi connectivity index (χ1n) is 7.88. The molecule has 1 heterocycles. The Morgan fingerprint density at radius 1 is 1.27 bits per heavy atom. The summed E-state index contributed by atoms with van der Waals surface area (Å²) in [5.74, 6) is -2.24. The van der Waals surface area contributed by atoms with Crippen molar-refractivity contribution < 1.29 is 18.3 Å². The van der Waals surface area contributed by atoms with E-state index in [0.717, 1.165) is 15.4 Å². The molecule has 0 saturated heterocycles. The average Bonchev–Trinajstić information content (AvgIpc) is 2.55. The van der Waals surface area contributed by atoms with Gasteiger partial charge in [-0.25, -0.2) is 8.42 Å². The lowest BCUT2D eigenvalue weighted by atomic mass is 9.86. The van der Waals surface area contributed by atoms with Crippen LogP contribution in [0.3, 0.4) is 0 Å². The Hall–Kier alpha value is -1.68. The third-order valence-corrected chi connectivity index (χ3v) is 7.39. The molecule has 0 bridgehead atoms. The van der Waals surface area contributed by atoms with Gasteiger partial charge in [0, 0.05) is 34.6 Å². The van der Waals surface area contributed by atoms with Gasteiger partial charge in [-0.15, -0.1) is 0 Å². The van der Waals surface area contributed by atoms with Gasteiger partial charge in [0.1, 0.15) is 0 Å². The van der Waals surface area contributed by atoms with E-state index in [1.165, 1.54) is 17.6 Å². The number of aliphatic carboxylic acids is 1. The van der Waals surface area contributed by atoms with Crippen molar-refractivity contribution in [3.8, 4) is 0 Å². The molecule has 0 aliphatic rings. The zero-order chi connectivity index (χ0) is 19.5. The van der Waals surface area contributed by atoms with Crippen LogP contribution in [0.25, 0.3) is 0 Å². The molecule has 1 N–H and O–H groups in total. The molecular formula is C18H20INO5S. The molecule has 0 saturated carbocycles. The summed E-state index contributed by atoms with van der Waals surface area (Å²) in [6, 6.07) is 12.2. The number of rotatable bonds is 7. The number of halogens is 1. The standard InChI is InChI=1S/C18H20INO5S/c1-18(17(22)23,26(2,24)25)14(10-13-6-4-3-5-7-13)12-20-9-8-15(19)11-16(20)21/h3-9,11,14H,10,12H2,1-2H3,(H,22,23)/t14?,18-/m1/s1. The molecule has 0 amide bonds. The van der Waals surface area contributed by atoms with E-state index in [2.05, 4.69) is 0 Å². The third kappa shape index (κ3) is 4.35. The van der Waals surface area contributed by atoms with Gasteiger partial charge < -0.3 is 9.67 Å². The summed E-state index contributed by atoms with van der Waals surface area (Å²) >= 11 is 2.01. The lowest BCUT2D eigenvalue weighted by Crippen LogP contribution is -2.52. The van der Waals surface area contributed by atoms with E-state index in [4.69, 9.17) is 0 Å². The van der Waals surface area contributed by atoms with Gasteiger partial charge in [-0.3, -0.25) is 9.59 Å². The summed E-state index contributed by atoms with van der Waals surface area (Å²) in [4.78, 5) is 24.2. The number of hydrogen-bond acceptors (Lipinski definition) is 4. The van der Waals surface area contributed by atoms with Crippen LogP contribution >= 0.6 is 22.6 Å². The van der Waals surface area contributed by atoms with E-state index >= 15 is 0 Å². The minimum atomic E-state index is -3.94. The monoisotopic (exact) mass is 489 g/mol. The van der Waals surface area contributed by atoms with Crippen LogP contribution in [0.1, 0.15) is 12.5 Å². The average molecular weight is 489 g/mol. The van der Waals surface area contributed by atoms with Crippen molar-refractivity contribution in [2.75, 3.05) is 6.26 Å². The molecule has 0 fully saturated rings. The van der Waals surface area contributed by atoms with E-state index < -0.39 is 26.5 Å². The van der Waals surface area contributed by atoms with Crippen LogP contribution in [0.2, 0.25) is 0 Å². The maximum absolute atomic E-state index is 12.4. The highest BCUT2D eigenvalue weighted by atomic mass is 127. The lowest BCUT2D eigenvalue weighted by Gasteiger charge is -2.33. The normalized spacial score (nSPS) is 15.2. The van der Waals surface area contributed by atoms with Crippen LogP contribution in [0, 0.1) is 9.49 Å². The summed E-state index contributed by atoms with van der Waals surface area (Å²) in [6.45, 7) is 1.20. The van der Waals surface area contributed by atoms with Crippen molar-refractivity contribution in [1.82, 2.24) is 4.57 Å². The number of carbonyl (C=O) groups is 1. The first-order valence-corrected chi connectivity index (χ1v) is 10.9. The molecule has 1 unspecified atom stereocenters. The van der Waals surface area contributed by atoms with Gasteiger partial charge in [-0.2, -0.15) is 0 Å². The van der Waals surface area contributed by atoms with Gasteiger partial charge >= 0.3 is 5.97 Å². The van der Waals surface area contributed by atoms with E-state index in [1.807, 2.05) is 52.9 Å². The Bertz CT molecular complexity index is 955. The van der Waals surface area contributed by atoms with Gasteiger partial charge in [-0.1, -0.05) is 30.3 Å². The highest BCUT2D eigenvalue weighted by Crippen LogP contribution is 2.31. The number of carboxylic acids is 1. The zero-order valence-electron chi connectivity index (χ0n) is 14.4. The number of benzene rings is 1. The second-order valence-corrected chi connectivity index (χ2v) is 10.0. The molecule has 2 rings (SSSR count). The second kappa shape index (κ2) is 7.91. The molecule has 6 nitrogen and oxygen atoms in total.